The van der Waals surface area contributed by atoms with Gasteiger partial charge in [-0.25, -0.2) is 0 Å². The van der Waals surface area contributed by atoms with Crippen LogP contribution in [0, 0.1) is 0 Å². The van der Waals surface area contributed by atoms with Gasteiger partial charge in [0.15, 0.2) is 6.29 Å². The average molecular weight is 263 g/mol. The Bertz CT molecular complexity index is 741. The van der Waals surface area contributed by atoms with E-state index in [0.29, 0.717) is 0 Å². The maximum atomic E-state index is 11.2. The first kappa shape index (κ1) is 12.7. The van der Waals surface area contributed by atoms with Crippen molar-refractivity contribution in [1.82, 2.24) is 4.57 Å². The van der Waals surface area contributed by atoms with Gasteiger partial charge in [0.1, 0.15) is 0 Å². The number of aromatic nitrogens is 1. The monoisotopic (exact) mass is 263 g/mol. The molecule has 0 aliphatic rings. The van der Waals surface area contributed by atoms with E-state index in [2.05, 4.69) is 47.9 Å². The fraction of sp³-hybridized carbons (Fsp3) is 0.167. The molecule has 0 N–H and O–H groups in total. The zero-order valence-corrected chi connectivity index (χ0v) is 11.5. The van der Waals surface area contributed by atoms with Crippen molar-refractivity contribution >= 4 is 17.2 Å². The van der Waals surface area contributed by atoms with Gasteiger partial charge < -0.3 is 4.57 Å². The van der Waals surface area contributed by atoms with Crippen LogP contribution >= 0.6 is 0 Å². The number of aldehydes is 1. The number of nitrogens with zero attached hydrogens (tertiary/aromatic N) is 1. The molecule has 1 heterocycles. The summed E-state index contributed by atoms with van der Waals surface area (Å²) in [6, 6.07) is 18.5. The summed E-state index contributed by atoms with van der Waals surface area (Å²) in [5.41, 5.74) is 4.44. The maximum Gasteiger partial charge on any atom is 0.150 e. The predicted octanol–water partition coefficient (Wildman–Crippen LogP) is 4.06. The first-order valence-corrected chi connectivity index (χ1v) is 6.93. The Balaban J connectivity index is 2.16. The molecule has 3 aromatic rings. The van der Waals surface area contributed by atoms with Crippen LogP contribution < -0.4 is 0 Å². The lowest BCUT2D eigenvalue weighted by Gasteiger charge is -2.10. The molecule has 2 nitrogen and oxygen atoms in total. The van der Waals surface area contributed by atoms with Crippen molar-refractivity contribution in [3.05, 3.63) is 71.4 Å². The van der Waals surface area contributed by atoms with Gasteiger partial charge in [-0.05, 0) is 24.1 Å². The largest absolute Gasteiger partial charge is 0.340 e. The van der Waals surface area contributed by atoms with Crippen LogP contribution in [0.4, 0.5) is 0 Å². The van der Waals surface area contributed by atoms with Crippen LogP contribution in [-0.4, -0.2) is 10.9 Å². The molecule has 2 heteroatoms. The van der Waals surface area contributed by atoms with Gasteiger partial charge in [0, 0.05) is 28.7 Å². The minimum Gasteiger partial charge on any atom is -0.340 e. The van der Waals surface area contributed by atoms with Crippen LogP contribution in [0.3, 0.4) is 0 Å². The standard InChI is InChI=1S/C18H17NO/c1-2-16-11-17-15(13-20)9-6-10-18(17)19(16)12-14-7-4-3-5-8-14/h3-11,13H,2,12H2,1H3. The van der Waals surface area contributed by atoms with Gasteiger partial charge in [0.05, 0.1) is 0 Å². The molecule has 20 heavy (non-hydrogen) atoms. The molecule has 0 atom stereocenters. The second-order valence-electron chi connectivity index (χ2n) is 4.96. The number of rotatable bonds is 4. The second kappa shape index (κ2) is 5.33. The highest BCUT2D eigenvalue weighted by Gasteiger charge is 2.10. The highest BCUT2D eigenvalue weighted by Crippen LogP contribution is 2.24. The normalized spacial score (nSPS) is 10.8. The number of aryl methyl sites for hydroxylation is 1. The lowest BCUT2D eigenvalue weighted by molar-refractivity contribution is 0.112. The van der Waals surface area contributed by atoms with E-state index >= 15 is 0 Å². The molecule has 0 fully saturated rings. The van der Waals surface area contributed by atoms with Crippen molar-refractivity contribution in [2.45, 2.75) is 19.9 Å². The highest BCUT2D eigenvalue weighted by atomic mass is 16.1. The van der Waals surface area contributed by atoms with Crippen LogP contribution in [0.2, 0.25) is 0 Å². The van der Waals surface area contributed by atoms with Crippen molar-refractivity contribution in [3.8, 4) is 0 Å². The van der Waals surface area contributed by atoms with E-state index in [0.717, 1.165) is 35.7 Å². The molecule has 0 amide bonds. The molecule has 0 bridgehead atoms. The van der Waals surface area contributed by atoms with Crippen LogP contribution in [0.15, 0.2) is 54.6 Å². The van der Waals surface area contributed by atoms with Crippen LogP contribution in [0.1, 0.15) is 28.5 Å². The third-order valence-electron chi connectivity index (χ3n) is 3.74. The molecule has 0 saturated heterocycles. The summed E-state index contributed by atoms with van der Waals surface area (Å²) in [5, 5.41) is 1.05. The third-order valence-corrected chi connectivity index (χ3v) is 3.74. The number of carbonyl (C=O) groups is 1. The smallest absolute Gasteiger partial charge is 0.150 e. The first-order valence-electron chi connectivity index (χ1n) is 6.93. The molecule has 100 valence electrons. The molecular weight excluding hydrogens is 246 g/mol. The number of benzene rings is 2. The molecule has 1 aromatic heterocycles. The van der Waals surface area contributed by atoms with Gasteiger partial charge in [0.25, 0.3) is 0 Å². The minimum absolute atomic E-state index is 0.768. The summed E-state index contributed by atoms with van der Waals surface area (Å²) in [4.78, 5) is 11.2. The quantitative estimate of drug-likeness (QED) is 0.650. The van der Waals surface area contributed by atoms with E-state index in [-0.39, 0.29) is 0 Å². The number of fused-ring (bicyclic) bond motifs is 1. The van der Waals surface area contributed by atoms with Gasteiger partial charge in [-0.3, -0.25) is 4.79 Å². The third kappa shape index (κ3) is 2.14. The molecular formula is C18H17NO. The van der Waals surface area contributed by atoms with Crippen LogP contribution in [-0.2, 0) is 13.0 Å². The highest BCUT2D eigenvalue weighted by molar-refractivity contribution is 5.97. The van der Waals surface area contributed by atoms with E-state index in [1.165, 1.54) is 11.3 Å². The molecule has 3 rings (SSSR count). The van der Waals surface area contributed by atoms with Crippen molar-refractivity contribution in [3.63, 3.8) is 0 Å². The summed E-state index contributed by atoms with van der Waals surface area (Å²) < 4.78 is 2.30. The van der Waals surface area contributed by atoms with Crippen molar-refractivity contribution in [2.75, 3.05) is 0 Å². The molecule has 0 saturated carbocycles. The molecule has 0 radical (unpaired) electrons. The van der Waals surface area contributed by atoms with Crippen LogP contribution in [0.25, 0.3) is 10.9 Å². The Morgan fingerprint density at radius 1 is 1.05 bits per heavy atom. The van der Waals surface area contributed by atoms with Gasteiger partial charge in [-0.15, -0.1) is 0 Å². The fourth-order valence-corrected chi connectivity index (χ4v) is 2.71. The zero-order chi connectivity index (χ0) is 13.9. The summed E-state index contributed by atoms with van der Waals surface area (Å²) in [5.74, 6) is 0. The Morgan fingerprint density at radius 2 is 1.85 bits per heavy atom. The Kier molecular flexibility index (Phi) is 3.38. The molecule has 0 spiro atoms. The molecule has 2 aromatic carbocycles. The molecule has 0 unspecified atom stereocenters. The fourth-order valence-electron chi connectivity index (χ4n) is 2.71. The second-order valence-corrected chi connectivity index (χ2v) is 4.96. The first-order chi connectivity index (χ1) is 9.83. The summed E-state index contributed by atoms with van der Waals surface area (Å²) in [6.45, 7) is 2.99. The number of hydrogen-bond acceptors (Lipinski definition) is 1. The topological polar surface area (TPSA) is 22.0 Å². The lowest BCUT2D eigenvalue weighted by Crippen LogP contribution is -2.03. The lowest BCUT2D eigenvalue weighted by atomic mass is 10.1. The van der Waals surface area contributed by atoms with E-state index < -0.39 is 0 Å². The van der Waals surface area contributed by atoms with E-state index in [1.54, 1.807) is 0 Å². The zero-order valence-electron chi connectivity index (χ0n) is 11.5. The Hall–Kier alpha value is -2.35. The maximum absolute atomic E-state index is 11.2. The Morgan fingerprint density at radius 3 is 2.55 bits per heavy atom. The minimum atomic E-state index is 0.768. The molecule has 0 aliphatic carbocycles. The average Bonchev–Trinajstić information content (AvgIpc) is 2.86. The van der Waals surface area contributed by atoms with Crippen molar-refractivity contribution < 1.29 is 4.79 Å². The predicted molar refractivity (Wildman–Crippen MR) is 82.2 cm³/mol. The van der Waals surface area contributed by atoms with Crippen molar-refractivity contribution in [2.24, 2.45) is 0 Å². The van der Waals surface area contributed by atoms with E-state index in [9.17, 15) is 4.79 Å². The van der Waals surface area contributed by atoms with E-state index in [1.807, 2.05) is 18.2 Å². The van der Waals surface area contributed by atoms with Crippen LogP contribution in [0.5, 0.6) is 0 Å². The van der Waals surface area contributed by atoms with Gasteiger partial charge in [-0.2, -0.15) is 0 Å². The Labute approximate surface area is 118 Å². The number of hydrogen-bond donors (Lipinski definition) is 0. The van der Waals surface area contributed by atoms with Crippen molar-refractivity contribution in [1.29, 1.82) is 0 Å². The SMILES string of the molecule is CCc1cc2c(C=O)cccc2n1Cc1ccccc1. The number of carbonyl (C=O) groups excluding carboxylic acids is 1. The van der Waals surface area contributed by atoms with Gasteiger partial charge >= 0.3 is 0 Å². The summed E-state index contributed by atoms with van der Waals surface area (Å²) in [6.07, 6.45) is 1.90. The molecule has 0 aliphatic heterocycles. The van der Waals surface area contributed by atoms with Gasteiger partial charge in [-0.1, -0.05) is 49.4 Å². The summed E-state index contributed by atoms with van der Waals surface area (Å²) >= 11 is 0. The van der Waals surface area contributed by atoms with Gasteiger partial charge in [0.2, 0.25) is 0 Å². The van der Waals surface area contributed by atoms with E-state index in [4.69, 9.17) is 0 Å². The summed E-state index contributed by atoms with van der Waals surface area (Å²) in [7, 11) is 0.